The second-order valence-electron chi connectivity index (χ2n) is 5.29. The van der Waals surface area contributed by atoms with Crippen LogP contribution >= 0.6 is 0 Å². The minimum atomic E-state index is 0.0409. The first-order valence-corrected chi connectivity index (χ1v) is 7.16. The van der Waals surface area contributed by atoms with Crippen LogP contribution in [-0.2, 0) is 11.2 Å². The van der Waals surface area contributed by atoms with Crippen molar-refractivity contribution in [2.75, 3.05) is 23.7 Å². The second-order valence-corrected chi connectivity index (χ2v) is 5.29. The summed E-state index contributed by atoms with van der Waals surface area (Å²) in [5.74, 6) is 2.33. The van der Waals surface area contributed by atoms with Gasteiger partial charge in [-0.3, -0.25) is 4.79 Å². The summed E-state index contributed by atoms with van der Waals surface area (Å²) in [5.41, 5.74) is 6.91. The molecule has 110 valence electrons. The van der Waals surface area contributed by atoms with Crippen LogP contribution < -0.4 is 16.0 Å². The lowest BCUT2D eigenvalue weighted by atomic mass is 10.0. The van der Waals surface area contributed by atoms with Crippen LogP contribution in [0.4, 0.5) is 11.6 Å². The number of anilines is 2. The average molecular weight is 277 g/mol. The molecule has 1 saturated heterocycles. The number of nitrogens with one attached hydrogen (secondary N) is 1. The van der Waals surface area contributed by atoms with Gasteiger partial charge in [0.05, 0.1) is 0 Å². The molecule has 1 aliphatic rings. The first-order chi connectivity index (χ1) is 9.51. The molecule has 1 amide bonds. The summed E-state index contributed by atoms with van der Waals surface area (Å²) < 4.78 is 0. The molecule has 0 aliphatic carbocycles. The Labute approximate surface area is 119 Å². The maximum absolute atomic E-state index is 11.1. The highest BCUT2D eigenvalue weighted by Crippen LogP contribution is 2.25. The fourth-order valence-corrected chi connectivity index (χ4v) is 2.56. The van der Waals surface area contributed by atoms with Crippen molar-refractivity contribution >= 4 is 17.5 Å². The summed E-state index contributed by atoms with van der Waals surface area (Å²) in [7, 11) is 0. The third kappa shape index (κ3) is 3.18. The number of nitrogens with zero attached hydrogens (tertiary/aromatic N) is 3. The van der Waals surface area contributed by atoms with E-state index in [0.717, 1.165) is 49.6 Å². The smallest absolute Gasteiger partial charge is 0.217 e. The van der Waals surface area contributed by atoms with E-state index in [0.29, 0.717) is 5.82 Å². The predicted molar refractivity (Wildman–Crippen MR) is 79.6 cm³/mol. The van der Waals surface area contributed by atoms with E-state index in [2.05, 4.69) is 20.2 Å². The highest BCUT2D eigenvalue weighted by Gasteiger charge is 2.22. The number of nitrogens with two attached hydrogens (primary N) is 1. The van der Waals surface area contributed by atoms with Crippen molar-refractivity contribution < 1.29 is 4.79 Å². The largest absolute Gasteiger partial charge is 0.383 e. The molecule has 20 heavy (non-hydrogen) atoms. The van der Waals surface area contributed by atoms with Crippen LogP contribution in [-0.4, -0.2) is 35.0 Å². The zero-order chi connectivity index (χ0) is 14.7. The lowest BCUT2D eigenvalue weighted by molar-refractivity contribution is -0.119. The Morgan fingerprint density at radius 2 is 2.05 bits per heavy atom. The molecule has 2 heterocycles. The van der Waals surface area contributed by atoms with Gasteiger partial charge in [0.1, 0.15) is 17.5 Å². The number of amides is 1. The van der Waals surface area contributed by atoms with Gasteiger partial charge in [0, 0.05) is 38.0 Å². The van der Waals surface area contributed by atoms with Gasteiger partial charge in [-0.2, -0.15) is 0 Å². The molecular formula is C14H23N5O. The van der Waals surface area contributed by atoms with E-state index in [1.54, 1.807) is 6.92 Å². The molecule has 0 saturated carbocycles. The zero-order valence-electron chi connectivity index (χ0n) is 12.4. The van der Waals surface area contributed by atoms with Gasteiger partial charge in [-0.25, -0.2) is 9.97 Å². The van der Waals surface area contributed by atoms with Gasteiger partial charge in [-0.1, -0.05) is 6.92 Å². The number of hydrogen-bond acceptors (Lipinski definition) is 5. The van der Waals surface area contributed by atoms with E-state index in [1.807, 2.05) is 13.8 Å². The molecule has 0 aromatic carbocycles. The Kier molecular flexibility index (Phi) is 4.42. The van der Waals surface area contributed by atoms with Crippen LogP contribution in [0, 0.1) is 6.92 Å². The van der Waals surface area contributed by atoms with E-state index >= 15 is 0 Å². The third-order valence-electron chi connectivity index (χ3n) is 3.72. The highest BCUT2D eigenvalue weighted by molar-refractivity contribution is 5.73. The standard InChI is InChI=1S/C14H23N5O/c1-4-12-17-13(15)9(2)14(18-12)19-7-5-11(6-8-19)16-10(3)20/h11H,4-8H2,1-3H3,(H,16,20)(H2,15,17,18). The Balaban J connectivity index is 2.10. The van der Waals surface area contributed by atoms with Crippen molar-refractivity contribution in [3.8, 4) is 0 Å². The van der Waals surface area contributed by atoms with Crippen LogP contribution in [0.25, 0.3) is 0 Å². The van der Waals surface area contributed by atoms with Gasteiger partial charge >= 0.3 is 0 Å². The molecule has 6 nitrogen and oxygen atoms in total. The number of piperidine rings is 1. The van der Waals surface area contributed by atoms with Crippen molar-refractivity contribution in [1.29, 1.82) is 0 Å². The number of aromatic nitrogens is 2. The van der Waals surface area contributed by atoms with Crippen LogP contribution in [0.2, 0.25) is 0 Å². The van der Waals surface area contributed by atoms with Gasteiger partial charge in [0.25, 0.3) is 0 Å². The number of carbonyl (C=O) groups excluding carboxylic acids is 1. The Morgan fingerprint density at radius 1 is 1.40 bits per heavy atom. The SMILES string of the molecule is CCc1nc(N)c(C)c(N2CCC(NC(C)=O)CC2)n1. The first-order valence-electron chi connectivity index (χ1n) is 7.16. The summed E-state index contributed by atoms with van der Waals surface area (Å²) in [6.07, 6.45) is 2.65. The normalized spacial score (nSPS) is 16.2. The lowest BCUT2D eigenvalue weighted by Crippen LogP contribution is -2.44. The molecule has 1 aromatic rings. The van der Waals surface area contributed by atoms with Crippen molar-refractivity contribution in [2.24, 2.45) is 0 Å². The maximum atomic E-state index is 11.1. The number of rotatable bonds is 3. The van der Waals surface area contributed by atoms with Crippen molar-refractivity contribution in [3.05, 3.63) is 11.4 Å². The number of aryl methyl sites for hydroxylation is 1. The minimum Gasteiger partial charge on any atom is -0.383 e. The summed E-state index contributed by atoms with van der Waals surface area (Å²) in [5, 5.41) is 2.98. The molecule has 0 atom stereocenters. The third-order valence-corrected chi connectivity index (χ3v) is 3.72. The molecule has 1 fully saturated rings. The van der Waals surface area contributed by atoms with Gasteiger partial charge in [-0.05, 0) is 19.8 Å². The number of nitrogen functional groups attached to an aromatic ring is 1. The van der Waals surface area contributed by atoms with Gasteiger partial charge in [-0.15, -0.1) is 0 Å². The molecular weight excluding hydrogens is 254 g/mol. The molecule has 0 spiro atoms. The molecule has 0 bridgehead atoms. The van der Waals surface area contributed by atoms with E-state index in [9.17, 15) is 4.79 Å². The molecule has 2 rings (SSSR count). The molecule has 3 N–H and O–H groups in total. The Hall–Kier alpha value is -1.85. The van der Waals surface area contributed by atoms with E-state index < -0.39 is 0 Å². The van der Waals surface area contributed by atoms with Crippen LogP contribution in [0.3, 0.4) is 0 Å². The maximum Gasteiger partial charge on any atom is 0.217 e. The summed E-state index contributed by atoms with van der Waals surface area (Å²) in [6, 6.07) is 0.272. The van der Waals surface area contributed by atoms with E-state index in [-0.39, 0.29) is 11.9 Å². The summed E-state index contributed by atoms with van der Waals surface area (Å²) >= 11 is 0. The minimum absolute atomic E-state index is 0.0409. The predicted octanol–water partition coefficient (Wildman–Crippen LogP) is 1.03. The van der Waals surface area contributed by atoms with Crippen LogP contribution in [0.1, 0.15) is 38.1 Å². The van der Waals surface area contributed by atoms with Crippen LogP contribution in [0.15, 0.2) is 0 Å². The lowest BCUT2D eigenvalue weighted by Gasteiger charge is -2.34. The summed E-state index contributed by atoms with van der Waals surface area (Å²) in [4.78, 5) is 22.2. The van der Waals surface area contributed by atoms with Crippen molar-refractivity contribution in [3.63, 3.8) is 0 Å². The fraction of sp³-hybridized carbons (Fsp3) is 0.643. The molecule has 6 heteroatoms. The van der Waals surface area contributed by atoms with Gasteiger partial charge < -0.3 is 16.0 Å². The Morgan fingerprint density at radius 3 is 2.60 bits per heavy atom. The van der Waals surface area contributed by atoms with Gasteiger partial charge in [0.15, 0.2) is 0 Å². The fourth-order valence-electron chi connectivity index (χ4n) is 2.56. The quantitative estimate of drug-likeness (QED) is 0.862. The van der Waals surface area contributed by atoms with Gasteiger partial charge in [0.2, 0.25) is 5.91 Å². The topological polar surface area (TPSA) is 84.1 Å². The van der Waals surface area contributed by atoms with Crippen molar-refractivity contribution in [2.45, 2.75) is 46.1 Å². The number of hydrogen-bond donors (Lipinski definition) is 2. The molecule has 0 unspecified atom stereocenters. The monoisotopic (exact) mass is 277 g/mol. The number of carbonyl (C=O) groups is 1. The first kappa shape index (κ1) is 14.6. The average Bonchev–Trinajstić information content (AvgIpc) is 2.42. The highest BCUT2D eigenvalue weighted by atomic mass is 16.1. The molecule has 1 aromatic heterocycles. The van der Waals surface area contributed by atoms with Crippen molar-refractivity contribution in [1.82, 2.24) is 15.3 Å². The van der Waals surface area contributed by atoms with E-state index in [1.165, 1.54) is 0 Å². The zero-order valence-corrected chi connectivity index (χ0v) is 12.4. The molecule has 1 aliphatic heterocycles. The second kappa shape index (κ2) is 6.07. The van der Waals surface area contributed by atoms with E-state index in [4.69, 9.17) is 5.73 Å². The van der Waals surface area contributed by atoms with Crippen LogP contribution in [0.5, 0.6) is 0 Å². The molecule has 0 radical (unpaired) electrons. The summed E-state index contributed by atoms with van der Waals surface area (Å²) in [6.45, 7) is 7.31. The Bertz CT molecular complexity index is 495.